The van der Waals surface area contributed by atoms with E-state index >= 15 is 0 Å². The molecule has 3 rings (SSSR count). The van der Waals surface area contributed by atoms with Crippen molar-refractivity contribution in [3.05, 3.63) is 36.0 Å². The first kappa shape index (κ1) is 14.1. The maximum Gasteiger partial charge on any atom is 0.252 e. The summed E-state index contributed by atoms with van der Waals surface area (Å²) in [7, 11) is 1.99. The Labute approximate surface area is 125 Å². The maximum absolute atomic E-state index is 12.6. The second-order valence-electron chi connectivity index (χ2n) is 6.44. The maximum atomic E-state index is 12.6. The smallest absolute Gasteiger partial charge is 0.252 e. The number of hydrogen-bond donors (Lipinski definition) is 1. The Morgan fingerprint density at radius 1 is 1.38 bits per heavy atom. The van der Waals surface area contributed by atoms with E-state index in [0.717, 1.165) is 29.3 Å². The lowest BCUT2D eigenvalue weighted by Crippen LogP contribution is -2.45. The van der Waals surface area contributed by atoms with Gasteiger partial charge in [-0.3, -0.25) is 4.79 Å². The normalized spacial score (nSPS) is 21.4. The molecule has 0 bridgehead atoms. The molecule has 1 unspecified atom stereocenters. The number of nitrogens with one attached hydrogen (secondary N) is 1. The van der Waals surface area contributed by atoms with Crippen molar-refractivity contribution in [3.8, 4) is 0 Å². The number of amides is 1. The first-order valence-corrected chi connectivity index (χ1v) is 7.45. The Bertz CT molecular complexity index is 672. The molecule has 1 N–H and O–H groups in total. The Hall–Kier alpha value is -1.81. The molecular weight excluding hydrogens is 264 g/mol. The minimum absolute atomic E-state index is 0.00880. The quantitative estimate of drug-likeness (QED) is 0.922. The van der Waals surface area contributed by atoms with Gasteiger partial charge in [-0.1, -0.05) is 6.07 Å². The van der Waals surface area contributed by atoms with Gasteiger partial charge in [0.15, 0.2) is 0 Å². The summed E-state index contributed by atoms with van der Waals surface area (Å²) in [5, 5.41) is 4.17. The summed E-state index contributed by atoms with van der Waals surface area (Å²) >= 11 is 0. The summed E-state index contributed by atoms with van der Waals surface area (Å²) in [6, 6.07) is 8.04. The molecule has 4 heteroatoms. The highest BCUT2D eigenvalue weighted by Crippen LogP contribution is 2.25. The molecule has 2 aromatic rings. The van der Waals surface area contributed by atoms with Crippen LogP contribution in [0.2, 0.25) is 0 Å². The van der Waals surface area contributed by atoms with Crippen LogP contribution in [-0.2, 0) is 11.8 Å². The Kier molecular flexibility index (Phi) is 3.49. The lowest BCUT2D eigenvalue weighted by Gasteiger charge is -2.35. The molecule has 1 aromatic heterocycles. The molecule has 1 fully saturated rings. The number of carbonyl (C=O) groups excluding carboxylic acids is 1. The Balaban J connectivity index is 1.81. The Morgan fingerprint density at radius 3 is 2.95 bits per heavy atom. The lowest BCUT2D eigenvalue weighted by molar-refractivity contribution is -0.0615. The van der Waals surface area contributed by atoms with Crippen molar-refractivity contribution in [2.75, 3.05) is 6.61 Å². The van der Waals surface area contributed by atoms with Crippen LogP contribution in [0.5, 0.6) is 0 Å². The van der Waals surface area contributed by atoms with Crippen LogP contribution in [-0.4, -0.2) is 28.7 Å². The van der Waals surface area contributed by atoms with E-state index in [4.69, 9.17) is 4.74 Å². The summed E-state index contributed by atoms with van der Waals surface area (Å²) in [4.78, 5) is 12.6. The second kappa shape index (κ2) is 5.19. The minimum atomic E-state index is -0.158. The summed E-state index contributed by atoms with van der Waals surface area (Å²) in [5.41, 5.74) is 1.67. The van der Waals surface area contributed by atoms with E-state index in [-0.39, 0.29) is 17.6 Å². The number of benzene rings is 1. The van der Waals surface area contributed by atoms with Gasteiger partial charge in [0.1, 0.15) is 0 Å². The van der Waals surface area contributed by atoms with Gasteiger partial charge >= 0.3 is 0 Å². The summed E-state index contributed by atoms with van der Waals surface area (Å²) < 4.78 is 7.73. The number of carbonyl (C=O) groups is 1. The fourth-order valence-electron chi connectivity index (χ4n) is 3.12. The number of rotatable bonds is 2. The fourth-order valence-corrected chi connectivity index (χ4v) is 3.12. The van der Waals surface area contributed by atoms with Gasteiger partial charge in [0.2, 0.25) is 0 Å². The summed E-state index contributed by atoms with van der Waals surface area (Å²) in [6.45, 7) is 4.85. The van der Waals surface area contributed by atoms with Crippen LogP contribution in [0.3, 0.4) is 0 Å². The summed E-state index contributed by atoms with van der Waals surface area (Å²) in [6.07, 6.45) is 3.71. The zero-order valence-electron chi connectivity index (χ0n) is 12.8. The third-order valence-electron chi connectivity index (χ3n) is 4.20. The van der Waals surface area contributed by atoms with Crippen LogP contribution in [0.4, 0.5) is 0 Å². The number of hydrogen-bond acceptors (Lipinski definition) is 2. The highest BCUT2D eigenvalue weighted by Gasteiger charge is 2.30. The van der Waals surface area contributed by atoms with Crippen molar-refractivity contribution < 1.29 is 9.53 Å². The van der Waals surface area contributed by atoms with Crippen molar-refractivity contribution in [3.63, 3.8) is 0 Å². The molecule has 0 saturated carbocycles. The van der Waals surface area contributed by atoms with E-state index in [1.807, 2.05) is 42.1 Å². The van der Waals surface area contributed by atoms with E-state index in [1.54, 1.807) is 0 Å². The molecule has 1 saturated heterocycles. The van der Waals surface area contributed by atoms with Gasteiger partial charge in [-0.25, -0.2) is 0 Å². The number of fused-ring (bicyclic) bond motifs is 1. The molecule has 1 aliphatic heterocycles. The fraction of sp³-hybridized carbons (Fsp3) is 0.471. The predicted octanol–water partition coefficient (Wildman–Crippen LogP) is 2.87. The largest absolute Gasteiger partial charge is 0.375 e. The van der Waals surface area contributed by atoms with Gasteiger partial charge in [0.05, 0.1) is 5.60 Å². The Morgan fingerprint density at radius 2 is 2.19 bits per heavy atom. The predicted molar refractivity (Wildman–Crippen MR) is 83.4 cm³/mol. The molecule has 1 aliphatic rings. The number of aryl methyl sites for hydroxylation is 1. The molecular formula is C17H22N2O2. The van der Waals surface area contributed by atoms with Gasteiger partial charge in [-0.2, -0.15) is 0 Å². The van der Waals surface area contributed by atoms with E-state index < -0.39 is 0 Å². The number of nitrogens with zero attached hydrogens (tertiary/aromatic N) is 1. The standard InChI is InChI=1S/C17H22N2O2/c1-17(2)11-12(8-10-21-17)18-16(20)14-5-4-6-15-13(14)7-9-19(15)3/h4-7,9,12H,8,10-11H2,1-3H3,(H,18,20). The van der Waals surface area contributed by atoms with Crippen molar-refractivity contribution in [2.24, 2.45) is 7.05 Å². The molecule has 2 heterocycles. The van der Waals surface area contributed by atoms with Crippen molar-refractivity contribution >= 4 is 16.8 Å². The number of aromatic nitrogens is 1. The molecule has 1 aromatic carbocycles. The molecule has 112 valence electrons. The molecule has 4 nitrogen and oxygen atoms in total. The van der Waals surface area contributed by atoms with Crippen LogP contribution < -0.4 is 5.32 Å². The van der Waals surface area contributed by atoms with E-state index in [2.05, 4.69) is 19.2 Å². The zero-order valence-corrected chi connectivity index (χ0v) is 12.8. The molecule has 21 heavy (non-hydrogen) atoms. The van der Waals surface area contributed by atoms with Crippen LogP contribution in [0.25, 0.3) is 10.9 Å². The minimum Gasteiger partial charge on any atom is -0.375 e. The average molecular weight is 286 g/mol. The average Bonchev–Trinajstić information content (AvgIpc) is 2.79. The topological polar surface area (TPSA) is 43.3 Å². The summed E-state index contributed by atoms with van der Waals surface area (Å²) in [5.74, 6) is 0.00880. The van der Waals surface area contributed by atoms with E-state index in [9.17, 15) is 4.79 Å². The second-order valence-corrected chi connectivity index (χ2v) is 6.44. The van der Waals surface area contributed by atoms with Crippen molar-refractivity contribution in [2.45, 2.75) is 38.3 Å². The van der Waals surface area contributed by atoms with E-state index in [0.29, 0.717) is 6.61 Å². The molecule has 1 amide bonds. The number of ether oxygens (including phenoxy) is 1. The van der Waals surface area contributed by atoms with Gasteiger partial charge in [-0.05, 0) is 44.9 Å². The molecule has 0 spiro atoms. The van der Waals surface area contributed by atoms with Gasteiger partial charge in [0.25, 0.3) is 5.91 Å². The molecule has 0 aliphatic carbocycles. The SMILES string of the molecule is Cn1ccc2c(C(=O)NC3CCOC(C)(C)C3)cccc21. The molecule has 0 radical (unpaired) electrons. The highest BCUT2D eigenvalue weighted by atomic mass is 16.5. The first-order chi connectivity index (χ1) is 9.96. The van der Waals surface area contributed by atoms with Gasteiger partial charge < -0.3 is 14.6 Å². The third kappa shape index (κ3) is 2.81. The van der Waals surface area contributed by atoms with E-state index in [1.165, 1.54) is 0 Å². The van der Waals surface area contributed by atoms with Crippen LogP contribution in [0.15, 0.2) is 30.5 Å². The van der Waals surface area contributed by atoms with Crippen molar-refractivity contribution in [1.29, 1.82) is 0 Å². The molecule has 1 atom stereocenters. The highest BCUT2D eigenvalue weighted by molar-refractivity contribution is 6.06. The van der Waals surface area contributed by atoms with Crippen molar-refractivity contribution in [1.82, 2.24) is 9.88 Å². The van der Waals surface area contributed by atoms with Crippen LogP contribution in [0, 0.1) is 0 Å². The van der Waals surface area contributed by atoms with Gasteiger partial charge in [-0.15, -0.1) is 0 Å². The van der Waals surface area contributed by atoms with Crippen LogP contribution >= 0.6 is 0 Å². The van der Waals surface area contributed by atoms with Gasteiger partial charge in [0, 0.05) is 42.4 Å². The van der Waals surface area contributed by atoms with Crippen LogP contribution in [0.1, 0.15) is 37.0 Å². The monoisotopic (exact) mass is 286 g/mol. The zero-order chi connectivity index (χ0) is 15.0. The lowest BCUT2D eigenvalue weighted by atomic mass is 9.93. The first-order valence-electron chi connectivity index (χ1n) is 7.45. The third-order valence-corrected chi connectivity index (χ3v) is 4.20.